The zero-order valence-corrected chi connectivity index (χ0v) is 11.4. The summed E-state index contributed by atoms with van der Waals surface area (Å²) >= 11 is 0. The number of halogens is 1. The average molecular weight is 272 g/mol. The van der Waals surface area contributed by atoms with Crippen molar-refractivity contribution < 1.29 is 9.13 Å². The maximum atomic E-state index is 13.2. The molecule has 3 rings (SSSR count). The van der Waals surface area contributed by atoms with E-state index >= 15 is 0 Å². The molecule has 1 aliphatic rings. The zero-order valence-electron chi connectivity index (χ0n) is 11.4. The van der Waals surface area contributed by atoms with Crippen LogP contribution in [-0.4, -0.2) is 11.0 Å². The summed E-state index contributed by atoms with van der Waals surface area (Å²) in [4.78, 5) is 4.27. The summed E-state index contributed by atoms with van der Waals surface area (Å²) in [5.41, 5.74) is 1.70. The van der Waals surface area contributed by atoms with Crippen molar-refractivity contribution in [3.63, 3.8) is 0 Å². The Labute approximate surface area is 117 Å². The third-order valence-corrected chi connectivity index (χ3v) is 3.32. The third-order valence-electron chi connectivity index (χ3n) is 3.32. The van der Waals surface area contributed by atoms with Gasteiger partial charge < -0.3 is 10.1 Å². The number of ether oxygens (including phenoxy) is 1. The standard InChI is InChI=1S/C16H17FN2O/c1-11-8-14(5-6-15(11)17)20-16-7-2-12(10-19-16)9-18-13-3-4-13/h2,5-8,10,13,18H,3-4,9H2,1H3. The summed E-state index contributed by atoms with van der Waals surface area (Å²) in [6.07, 6.45) is 4.36. The first-order valence-electron chi connectivity index (χ1n) is 6.83. The highest BCUT2D eigenvalue weighted by molar-refractivity contribution is 5.32. The van der Waals surface area contributed by atoms with E-state index in [-0.39, 0.29) is 5.82 Å². The van der Waals surface area contributed by atoms with Crippen molar-refractivity contribution in [1.82, 2.24) is 10.3 Å². The van der Waals surface area contributed by atoms with E-state index in [0.717, 1.165) is 12.1 Å². The minimum absolute atomic E-state index is 0.230. The van der Waals surface area contributed by atoms with Crippen molar-refractivity contribution in [2.24, 2.45) is 0 Å². The van der Waals surface area contributed by atoms with Crippen LogP contribution in [0.4, 0.5) is 4.39 Å². The number of nitrogens with one attached hydrogen (secondary N) is 1. The van der Waals surface area contributed by atoms with Crippen LogP contribution in [0.2, 0.25) is 0 Å². The molecule has 0 bridgehead atoms. The van der Waals surface area contributed by atoms with Crippen LogP contribution < -0.4 is 10.1 Å². The van der Waals surface area contributed by atoms with Crippen molar-refractivity contribution in [1.29, 1.82) is 0 Å². The highest BCUT2D eigenvalue weighted by atomic mass is 19.1. The summed E-state index contributed by atoms with van der Waals surface area (Å²) in [6, 6.07) is 9.19. The van der Waals surface area contributed by atoms with E-state index in [9.17, 15) is 4.39 Å². The van der Waals surface area contributed by atoms with Crippen molar-refractivity contribution in [2.75, 3.05) is 0 Å². The van der Waals surface area contributed by atoms with Gasteiger partial charge in [0.2, 0.25) is 5.88 Å². The summed E-state index contributed by atoms with van der Waals surface area (Å²) < 4.78 is 18.8. The first-order chi connectivity index (χ1) is 9.70. The Balaban J connectivity index is 1.62. The number of hydrogen-bond donors (Lipinski definition) is 1. The van der Waals surface area contributed by atoms with Gasteiger partial charge in [-0.1, -0.05) is 6.07 Å². The second-order valence-corrected chi connectivity index (χ2v) is 5.17. The van der Waals surface area contributed by atoms with Crippen LogP contribution in [0.1, 0.15) is 24.0 Å². The molecule has 0 radical (unpaired) electrons. The van der Waals surface area contributed by atoms with Crippen molar-refractivity contribution in [2.45, 2.75) is 32.4 Å². The summed E-state index contributed by atoms with van der Waals surface area (Å²) in [5.74, 6) is 0.887. The monoisotopic (exact) mass is 272 g/mol. The molecule has 1 aliphatic carbocycles. The van der Waals surface area contributed by atoms with Crippen molar-refractivity contribution >= 4 is 0 Å². The normalized spacial score (nSPS) is 14.3. The van der Waals surface area contributed by atoms with E-state index in [1.54, 1.807) is 25.3 Å². The maximum Gasteiger partial charge on any atom is 0.219 e. The Morgan fingerprint density at radius 2 is 2.15 bits per heavy atom. The van der Waals surface area contributed by atoms with E-state index < -0.39 is 0 Å². The van der Waals surface area contributed by atoms with Gasteiger partial charge in [0.15, 0.2) is 0 Å². The molecule has 1 heterocycles. The second kappa shape index (κ2) is 5.59. The molecule has 104 valence electrons. The molecule has 0 unspecified atom stereocenters. The van der Waals surface area contributed by atoms with Gasteiger partial charge in [-0.3, -0.25) is 0 Å². The van der Waals surface area contributed by atoms with Crippen molar-refractivity contribution in [3.05, 3.63) is 53.5 Å². The number of aromatic nitrogens is 1. The van der Waals surface area contributed by atoms with Gasteiger partial charge in [0.05, 0.1) is 0 Å². The molecule has 20 heavy (non-hydrogen) atoms. The van der Waals surface area contributed by atoms with Gasteiger partial charge in [-0.05, 0) is 49.1 Å². The van der Waals surface area contributed by atoms with E-state index in [2.05, 4.69) is 10.3 Å². The smallest absolute Gasteiger partial charge is 0.219 e. The Morgan fingerprint density at radius 1 is 1.30 bits per heavy atom. The quantitative estimate of drug-likeness (QED) is 0.903. The molecule has 1 fully saturated rings. The number of benzene rings is 1. The topological polar surface area (TPSA) is 34.1 Å². The molecule has 1 aromatic heterocycles. The Kier molecular flexibility index (Phi) is 3.65. The zero-order chi connectivity index (χ0) is 13.9. The molecule has 4 heteroatoms. The summed E-state index contributed by atoms with van der Waals surface area (Å²) in [7, 11) is 0. The Morgan fingerprint density at radius 3 is 2.80 bits per heavy atom. The molecular formula is C16H17FN2O. The first kappa shape index (κ1) is 13.1. The van der Waals surface area contributed by atoms with E-state index in [4.69, 9.17) is 4.74 Å². The average Bonchev–Trinajstić information content (AvgIpc) is 3.26. The number of nitrogens with zero attached hydrogens (tertiary/aromatic N) is 1. The lowest BCUT2D eigenvalue weighted by Gasteiger charge is -2.07. The lowest BCUT2D eigenvalue weighted by atomic mass is 10.2. The molecule has 2 aromatic rings. The molecule has 0 aliphatic heterocycles. The number of hydrogen-bond acceptors (Lipinski definition) is 3. The minimum atomic E-state index is -0.230. The van der Waals surface area contributed by atoms with Crippen molar-refractivity contribution in [3.8, 4) is 11.6 Å². The van der Waals surface area contributed by atoms with Crippen LogP contribution >= 0.6 is 0 Å². The van der Waals surface area contributed by atoms with Gasteiger partial charge in [0.25, 0.3) is 0 Å². The van der Waals surface area contributed by atoms with Gasteiger partial charge in [0.1, 0.15) is 11.6 Å². The highest BCUT2D eigenvalue weighted by Crippen LogP contribution is 2.22. The molecule has 0 spiro atoms. The fourth-order valence-corrected chi connectivity index (χ4v) is 1.93. The van der Waals surface area contributed by atoms with Crippen LogP contribution in [0.25, 0.3) is 0 Å². The largest absolute Gasteiger partial charge is 0.439 e. The van der Waals surface area contributed by atoms with Gasteiger partial charge in [0, 0.05) is 24.8 Å². The number of rotatable bonds is 5. The fourth-order valence-electron chi connectivity index (χ4n) is 1.93. The lowest BCUT2D eigenvalue weighted by molar-refractivity contribution is 0.460. The summed E-state index contributed by atoms with van der Waals surface area (Å²) in [5, 5.41) is 3.43. The molecule has 1 aromatic carbocycles. The third kappa shape index (κ3) is 3.33. The molecule has 3 nitrogen and oxygen atoms in total. The predicted molar refractivity (Wildman–Crippen MR) is 75.3 cm³/mol. The highest BCUT2D eigenvalue weighted by Gasteiger charge is 2.19. The van der Waals surface area contributed by atoms with E-state index in [0.29, 0.717) is 23.2 Å². The van der Waals surface area contributed by atoms with E-state index in [1.165, 1.54) is 18.9 Å². The van der Waals surface area contributed by atoms with E-state index in [1.807, 2.05) is 12.1 Å². The van der Waals surface area contributed by atoms with Crippen LogP contribution in [-0.2, 0) is 6.54 Å². The molecule has 1 N–H and O–H groups in total. The molecule has 0 atom stereocenters. The first-order valence-corrected chi connectivity index (χ1v) is 6.83. The number of aryl methyl sites for hydroxylation is 1. The van der Waals surface area contributed by atoms with Crippen LogP contribution in [0.15, 0.2) is 36.5 Å². The van der Waals surface area contributed by atoms with Crippen LogP contribution in [0.5, 0.6) is 11.6 Å². The Bertz CT molecular complexity index is 594. The fraction of sp³-hybridized carbons (Fsp3) is 0.312. The van der Waals surface area contributed by atoms with Gasteiger partial charge >= 0.3 is 0 Å². The number of pyridine rings is 1. The van der Waals surface area contributed by atoms with Gasteiger partial charge in [-0.2, -0.15) is 0 Å². The predicted octanol–water partition coefficient (Wildman–Crippen LogP) is 3.57. The molecular weight excluding hydrogens is 255 g/mol. The molecule has 1 saturated carbocycles. The Hall–Kier alpha value is -1.94. The van der Waals surface area contributed by atoms with Gasteiger partial charge in [-0.25, -0.2) is 9.37 Å². The lowest BCUT2D eigenvalue weighted by Crippen LogP contribution is -2.15. The molecule has 0 amide bonds. The van der Waals surface area contributed by atoms with Gasteiger partial charge in [-0.15, -0.1) is 0 Å². The summed E-state index contributed by atoms with van der Waals surface area (Å²) in [6.45, 7) is 2.55. The molecule has 0 saturated heterocycles. The van der Waals surface area contributed by atoms with Crippen LogP contribution in [0.3, 0.4) is 0 Å². The van der Waals surface area contributed by atoms with Crippen LogP contribution in [0, 0.1) is 12.7 Å². The maximum absolute atomic E-state index is 13.2. The minimum Gasteiger partial charge on any atom is -0.439 e. The second-order valence-electron chi connectivity index (χ2n) is 5.17. The SMILES string of the molecule is Cc1cc(Oc2ccc(CNC3CC3)cn2)ccc1F.